The number of aliphatic hydroxyl groups is 3. The van der Waals surface area contributed by atoms with Crippen molar-refractivity contribution in [2.45, 2.75) is 83.7 Å². The SMILES string of the molecule is [2H]O[C@@H](CC[C@@H]1[C@@H]2C(=C[C@@H](O[2H])C[C@@H]2OC(=O)[C@@H](C)CC)C=C[C@@H]1C)C[C@H](CC(=O)[O-])O[2H].[Na+]. The normalized spacial score (nSPS) is 31.5. The van der Waals surface area contributed by atoms with Gasteiger partial charge < -0.3 is 30.0 Å². The molecule has 0 aliphatic heterocycles. The van der Waals surface area contributed by atoms with Crippen molar-refractivity contribution in [2.75, 3.05) is 0 Å². The Morgan fingerprint density at radius 1 is 1.35 bits per heavy atom. The zero-order valence-corrected chi connectivity index (χ0v) is 21.0. The van der Waals surface area contributed by atoms with Gasteiger partial charge in [-0.15, -0.1) is 0 Å². The summed E-state index contributed by atoms with van der Waals surface area (Å²) in [6.45, 7) is 5.84. The topological polar surface area (TPSA) is 127 Å². The molecule has 0 aromatic heterocycles. The minimum Gasteiger partial charge on any atom is -0.550 e. The summed E-state index contributed by atoms with van der Waals surface area (Å²) >= 11 is 0. The Morgan fingerprint density at radius 3 is 2.71 bits per heavy atom. The van der Waals surface area contributed by atoms with Gasteiger partial charge in [-0.1, -0.05) is 39.0 Å². The minimum absolute atomic E-state index is 0. The van der Waals surface area contributed by atoms with Gasteiger partial charge >= 0.3 is 35.5 Å². The average molecular weight is 450 g/mol. The predicted octanol–water partition coefficient (Wildman–Crippen LogP) is -1.89. The van der Waals surface area contributed by atoms with Crippen molar-refractivity contribution in [1.82, 2.24) is 0 Å². The first-order valence-electron chi connectivity index (χ1n) is 12.1. The molecule has 3 N–H and O–H groups in total. The Hall–Kier alpha value is -0.700. The third kappa shape index (κ3) is 8.30. The zero-order valence-electron chi connectivity index (χ0n) is 22.0. The van der Waals surface area contributed by atoms with Gasteiger partial charge in [0.2, 0.25) is 4.29 Å². The van der Waals surface area contributed by atoms with Gasteiger partial charge in [-0.2, -0.15) is 0 Å². The standard InChI is InChI=1S/C23H36O7.Na/c1-4-13(2)23(29)30-20-11-17(25)9-15-6-5-14(3)19(22(15)20)8-7-16(24)10-18(26)12-21(27)28;/h5-6,9,13-14,16-20,22,24-26H,4,7-8,10-12H2,1-3H3,(H,27,28);/q;+1/p-1/t13-,14-,16-,17+,18+,19-,20-,22-;/m0./s1/i24D,25D,26D;. The van der Waals surface area contributed by atoms with E-state index >= 15 is 0 Å². The Kier molecular flexibility index (Phi) is 9.92. The molecule has 0 amide bonds. The van der Waals surface area contributed by atoms with Gasteiger partial charge in [0.1, 0.15) is 6.10 Å². The van der Waals surface area contributed by atoms with Crippen molar-refractivity contribution in [3.63, 3.8) is 0 Å². The van der Waals surface area contributed by atoms with E-state index in [1.807, 2.05) is 26.0 Å². The molecule has 31 heavy (non-hydrogen) atoms. The van der Waals surface area contributed by atoms with E-state index in [4.69, 9.17) is 19.2 Å². The smallest absolute Gasteiger partial charge is 0.550 e. The van der Waals surface area contributed by atoms with Gasteiger partial charge in [-0.3, -0.25) is 4.79 Å². The minimum atomic E-state index is -1.32. The Bertz CT molecular complexity index is 721. The molecule has 0 radical (unpaired) electrons. The summed E-state index contributed by atoms with van der Waals surface area (Å²) < 4.78 is 27.8. The van der Waals surface area contributed by atoms with Crippen LogP contribution in [0, 0.1) is 23.7 Å². The molecule has 0 aromatic carbocycles. The molecule has 170 valence electrons. The number of rotatable bonds is 13. The second-order valence-corrected chi connectivity index (χ2v) is 8.77. The summed E-state index contributed by atoms with van der Waals surface area (Å²) in [5.41, 5.74) is 0.969. The largest absolute Gasteiger partial charge is 1.00 e. The summed E-state index contributed by atoms with van der Waals surface area (Å²) in [5, 5.41) is 24.9. The van der Waals surface area contributed by atoms with Crippen molar-refractivity contribution < 1.29 is 64.3 Å². The molecule has 0 bridgehead atoms. The first-order valence-corrected chi connectivity index (χ1v) is 10.9. The van der Waals surface area contributed by atoms with Crippen molar-refractivity contribution in [2.24, 2.45) is 23.7 Å². The molecule has 0 aromatic rings. The number of fused-ring (bicyclic) bond motifs is 1. The first-order chi connectivity index (χ1) is 15.7. The van der Waals surface area contributed by atoms with Crippen molar-refractivity contribution in [1.29, 1.82) is 4.29 Å². The van der Waals surface area contributed by atoms with Crippen LogP contribution in [0.5, 0.6) is 0 Å². The van der Waals surface area contributed by atoms with Crippen molar-refractivity contribution in [3.8, 4) is 0 Å². The number of hydrogen-bond donors (Lipinski definition) is 3. The van der Waals surface area contributed by atoms with E-state index in [9.17, 15) is 14.7 Å². The molecule has 0 unspecified atom stereocenters. The second kappa shape index (κ2) is 13.1. The monoisotopic (exact) mass is 449 g/mol. The molecule has 2 aliphatic rings. The molecule has 0 saturated heterocycles. The van der Waals surface area contributed by atoms with Crippen LogP contribution in [0.4, 0.5) is 0 Å². The van der Waals surface area contributed by atoms with Crippen molar-refractivity contribution >= 4 is 11.9 Å². The van der Waals surface area contributed by atoms with Crippen LogP contribution in [0.3, 0.4) is 0 Å². The van der Waals surface area contributed by atoms with E-state index in [0.29, 0.717) is 25.7 Å². The number of aliphatic hydroxyl groups excluding tert-OH is 3. The van der Waals surface area contributed by atoms with E-state index in [1.165, 1.54) is 0 Å². The molecule has 7 nitrogen and oxygen atoms in total. The van der Waals surface area contributed by atoms with Crippen LogP contribution in [0.25, 0.3) is 0 Å². The third-order valence-corrected chi connectivity index (χ3v) is 6.38. The Balaban J connectivity index is 0.00000578. The Morgan fingerprint density at radius 2 is 2.10 bits per heavy atom. The van der Waals surface area contributed by atoms with E-state index in [-0.39, 0.29) is 65.6 Å². The predicted molar refractivity (Wildman–Crippen MR) is 109 cm³/mol. The second-order valence-electron chi connectivity index (χ2n) is 8.77. The van der Waals surface area contributed by atoms with Crippen LogP contribution >= 0.6 is 0 Å². The molecule has 8 atom stereocenters. The number of hydrogen-bond acceptors (Lipinski definition) is 7. The van der Waals surface area contributed by atoms with E-state index in [0.717, 1.165) is 5.57 Å². The molecule has 0 fully saturated rings. The van der Waals surface area contributed by atoms with Crippen LogP contribution in [-0.4, -0.2) is 56.0 Å². The maximum absolute atomic E-state index is 12.6. The maximum Gasteiger partial charge on any atom is 1.00 e. The van der Waals surface area contributed by atoms with Gasteiger partial charge in [-0.05, 0) is 43.1 Å². The molecule has 8 heteroatoms. The number of aliphatic carboxylic acids is 1. The van der Waals surface area contributed by atoms with Crippen LogP contribution in [0.2, 0.25) is 0 Å². The van der Waals surface area contributed by atoms with E-state index < -0.39 is 36.8 Å². The first kappa shape index (κ1) is 23.5. The van der Waals surface area contributed by atoms with Crippen LogP contribution in [0.1, 0.15) is 59.3 Å². The summed E-state index contributed by atoms with van der Waals surface area (Å²) in [6, 6.07) is 0. The van der Waals surface area contributed by atoms with Crippen LogP contribution < -0.4 is 34.7 Å². The summed E-state index contributed by atoms with van der Waals surface area (Å²) in [4.78, 5) is 23.4. The molecule has 0 spiro atoms. The molecular formula is C23H35NaO7. The van der Waals surface area contributed by atoms with Gasteiger partial charge in [-0.25, -0.2) is 0 Å². The quantitative estimate of drug-likeness (QED) is 0.222. The fraction of sp³-hybridized carbons (Fsp3) is 0.739. The number of carbonyl (C=O) groups excluding carboxylic acids is 2. The van der Waals surface area contributed by atoms with Crippen LogP contribution in [0.15, 0.2) is 23.8 Å². The van der Waals surface area contributed by atoms with Gasteiger partial charge in [0.15, 0.2) is 0 Å². The number of ether oxygens (including phenoxy) is 1. The zero-order chi connectivity index (χ0) is 24.5. The third-order valence-electron chi connectivity index (χ3n) is 6.38. The van der Waals surface area contributed by atoms with Crippen LogP contribution in [-0.2, 0) is 14.3 Å². The fourth-order valence-corrected chi connectivity index (χ4v) is 4.46. The number of allylic oxidation sites excluding steroid dienone is 2. The molecule has 0 saturated carbocycles. The van der Waals surface area contributed by atoms with E-state index in [1.54, 1.807) is 0 Å². The summed E-state index contributed by atoms with van der Waals surface area (Å²) in [7, 11) is 0. The van der Waals surface area contributed by atoms with Crippen molar-refractivity contribution in [3.05, 3.63) is 23.8 Å². The molecule has 2 rings (SSSR count). The molecule has 2 aliphatic carbocycles. The maximum atomic E-state index is 12.6. The average Bonchev–Trinajstić information content (AvgIpc) is 2.80. The van der Waals surface area contributed by atoms with Gasteiger partial charge in [0.25, 0.3) is 0 Å². The van der Waals surface area contributed by atoms with E-state index in [2.05, 4.69) is 18.1 Å². The number of esters is 1. The van der Waals surface area contributed by atoms with Gasteiger partial charge in [0, 0.05) is 24.7 Å². The number of carboxylic acids is 1. The Labute approximate surface area is 211 Å². The fourth-order valence-electron chi connectivity index (χ4n) is 4.46. The number of carbonyl (C=O) groups is 2. The molecular weight excluding hydrogens is 411 g/mol. The van der Waals surface area contributed by atoms with Gasteiger partial charge in [0.05, 0.1) is 24.2 Å². The number of carboxylic acid groups (broad SMARTS) is 1. The summed E-state index contributed by atoms with van der Waals surface area (Å²) in [6.07, 6.45) is 5.37. The molecule has 0 heterocycles. The summed E-state index contributed by atoms with van der Waals surface area (Å²) in [5.74, 6) is -1.65.